The van der Waals surface area contributed by atoms with Gasteiger partial charge in [-0.15, -0.1) is 0 Å². The Morgan fingerprint density at radius 2 is 1.86 bits per heavy atom. The number of benzene rings is 1. The SMILES string of the molecule is CC(C)(CN1[C@@H]2CC[C@H]1CN(c1nc(F)nc3c(F)c(Br)c(F)cc13)C2)C(=O)O. The number of carbonyl (C=O) groups is 1. The maximum Gasteiger partial charge on any atom is 0.311 e. The van der Waals surface area contributed by atoms with Crippen LogP contribution in [-0.4, -0.2) is 57.7 Å². The van der Waals surface area contributed by atoms with E-state index in [4.69, 9.17) is 0 Å². The number of fused-ring (bicyclic) bond motifs is 3. The Hall–Kier alpha value is -1.94. The van der Waals surface area contributed by atoms with Crippen LogP contribution in [0.15, 0.2) is 10.5 Å². The van der Waals surface area contributed by atoms with E-state index < -0.39 is 33.6 Å². The summed E-state index contributed by atoms with van der Waals surface area (Å²) in [6, 6.07) is 1.23. The third-order valence-corrected chi connectivity index (χ3v) is 6.60. The smallest absolute Gasteiger partial charge is 0.311 e. The van der Waals surface area contributed by atoms with E-state index in [0.29, 0.717) is 19.6 Å². The van der Waals surface area contributed by atoms with E-state index in [1.807, 2.05) is 4.90 Å². The number of aromatic nitrogens is 2. The molecule has 1 aromatic heterocycles. The molecule has 2 aliphatic heterocycles. The van der Waals surface area contributed by atoms with Crippen LogP contribution in [0.1, 0.15) is 26.7 Å². The van der Waals surface area contributed by atoms with E-state index >= 15 is 0 Å². The van der Waals surface area contributed by atoms with Crippen molar-refractivity contribution in [2.75, 3.05) is 24.5 Å². The van der Waals surface area contributed by atoms with Crippen molar-refractivity contribution in [2.45, 2.75) is 38.8 Å². The molecule has 2 saturated heterocycles. The summed E-state index contributed by atoms with van der Waals surface area (Å²) in [5.74, 6) is -2.48. The van der Waals surface area contributed by atoms with Gasteiger partial charge in [-0.3, -0.25) is 9.69 Å². The van der Waals surface area contributed by atoms with Gasteiger partial charge in [-0.25, -0.2) is 8.78 Å². The van der Waals surface area contributed by atoms with Crippen molar-refractivity contribution in [3.05, 3.63) is 28.3 Å². The van der Waals surface area contributed by atoms with E-state index in [-0.39, 0.29) is 28.8 Å². The zero-order valence-electron chi connectivity index (χ0n) is 15.9. The number of aliphatic carboxylic acids is 1. The molecule has 0 amide bonds. The lowest BCUT2D eigenvalue weighted by Gasteiger charge is -2.44. The molecule has 29 heavy (non-hydrogen) atoms. The molecular weight excluding hydrogens is 453 g/mol. The van der Waals surface area contributed by atoms with E-state index in [0.717, 1.165) is 18.9 Å². The largest absolute Gasteiger partial charge is 0.481 e. The van der Waals surface area contributed by atoms with Crippen molar-refractivity contribution >= 4 is 38.6 Å². The van der Waals surface area contributed by atoms with Crippen LogP contribution >= 0.6 is 15.9 Å². The second kappa shape index (κ2) is 7.09. The lowest BCUT2D eigenvalue weighted by molar-refractivity contribution is -0.148. The molecule has 4 rings (SSSR count). The molecule has 6 nitrogen and oxygen atoms in total. The van der Waals surface area contributed by atoms with Crippen molar-refractivity contribution in [3.63, 3.8) is 0 Å². The third-order valence-electron chi connectivity index (χ3n) is 5.87. The van der Waals surface area contributed by atoms with E-state index in [2.05, 4.69) is 30.8 Å². The molecule has 0 spiro atoms. The van der Waals surface area contributed by atoms with E-state index in [1.165, 1.54) is 0 Å². The van der Waals surface area contributed by atoms with Gasteiger partial charge in [0.2, 0.25) is 0 Å². The van der Waals surface area contributed by atoms with Crippen LogP contribution in [0.4, 0.5) is 19.0 Å². The topological polar surface area (TPSA) is 69.6 Å². The quantitative estimate of drug-likeness (QED) is 0.541. The molecule has 10 heteroatoms. The fourth-order valence-corrected chi connectivity index (χ4v) is 4.62. The second-order valence-corrected chi connectivity index (χ2v) is 9.14. The number of piperazine rings is 1. The Bertz CT molecular complexity index is 989. The maximum atomic E-state index is 14.4. The number of anilines is 1. The molecule has 3 heterocycles. The van der Waals surface area contributed by atoms with Gasteiger partial charge in [0.15, 0.2) is 5.82 Å². The summed E-state index contributed by atoms with van der Waals surface area (Å²) in [7, 11) is 0. The predicted octanol–water partition coefficient (Wildman–Crippen LogP) is 3.57. The lowest BCUT2D eigenvalue weighted by atomic mass is 9.92. The van der Waals surface area contributed by atoms with Gasteiger partial charge in [-0.05, 0) is 48.7 Å². The Morgan fingerprint density at radius 1 is 1.24 bits per heavy atom. The van der Waals surface area contributed by atoms with Crippen LogP contribution in [0.3, 0.4) is 0 Å². The minimum Gasteiger partial charge on any atom is -0.481 e. The van der Waals surface area contributed by atoms with Crippen LogP contribution in [-0.2, 0) is 4.79 Å². The number of carboxylic acids is 1. The normalized spacial score (nSPS) is 22.5. The van der Waals surface area contributed by atoms with Crippen LogP contribution in [0.5, 0.6) is 0 Å². The van der Waals surface area contributed by atoms with Gasteiger partial charge >= 0.3 is 12.0 Å². The summed E-state index contributed by atoms with van der Waals surface area (Å²) in [4.78, 5) is 22.9. The molecule has 2 aliphatic rings. The molecule has 156 valence electrons. The first-order valence-corrected chi connectivity index (χ1v) is 10.1. The fraction of sp³-hybridized carbons (Fsp3) is 0.526. The second-order valence-electron chi connectivity index (χ2n) is 8.35. The minimum atomic E-state index is -1.08. The van der Waals surface area contributed by atoms with Gasteiger partial charge in [0.05, 0.1) is 9.89 Å². The minimum absolute atomic E-state index is 0.0607. The number of halogens is 4. The monoisotopic (exact) mass is 472 g/mol. The van der Waals surface area contributed by atoms with Crippen molar-refractivity contribution in [3.8, 4) is 0 Å². The van der Waals surface area contributed by atoms with Crippen molar-refractivity contribution in [1.29, 1.82) is 0 Å². The van der Waals surface area contributed by atoms with Gasteiger partial charge in [-0.1, -0.05) is 0 Å². The predicted molar refractivity (Wildman–Crippen MR) is 104 cm³/mol. The molecule has 1 aromatic carbocycles. The van der Waals surface area contributed by atoms with Crippen molar-refractivity contribution in [1.82, 2.24) is 14.9 Å². The van der Waals surface area contributed by atoms with Crippen molar-refractivity contribution < 1.29 is 23.1 Å². The lowest BCUT2D eigenvalue weighted by Crippen LogP contribution is -2.57. The molecule has 2 bridgehead atoms. The first-order chi connectivity index (χ1) is 13.6. The molecule has 2 atom stereocenters. The average Bonchev–Trinajstić information content (AvgIpc) is 2.87. The summed E-state index contributed by atoms with van der Waals surface area (Å²) in [5, 5.41) is 9.56. The van der Waals surface area contributed by atoms with Crippen LogP contribution < -0.4 is 4.90 Å². The summed E-state index contributed by atoms with van der Waals surface area (Å²) in [6.07, 6.45) is 0.666. The van der Waals surface area contributed by atoms with Crippen LogP contribution in [0.25, 0.3) is 10.9 Å². The number of rotatable bonds is 4. The van der Waals surface area contributed by atoms with E-state index in [9.17, 15) is 23.1 Å². The highest BCUT2D eigenvalue weighted by Crippen LogP contribution is 2.38. The zero-order valence-corrected chi connectivity index (χ0v) is 17.5. The number of hydrogen-bond donors (Lipinski definition) is 1. The van der Waals surface area contributed by atoms with Gasteiger partial charge in [0.25, 0.3) is 0 Å². The highest BCUT2D eigenvalue weighted by atomic mass is 79.9. The van der Waals surface area contributed by atoms with Gasteiger partial charge in [0, 0.05) is 37.1 Å². The van der Waals surface area contributed by atoms with Gasteiger partial charge < -0.3 is 10.0 Å². The van der Waals surface area contributed by atoms with Gasteiger partial charge in [-0.2, -0.15) is 14.4 Å². The Labute approximate surface area is 173 Å². The fourth-order valence-electron chi connectivity index (χ4n) is 4.32. The maximum absolute atomic E-state index is 14.4. The summed E-state index contributed by atoms with van der Waals surface area (Å²) < 4.78 is 42.2. The first kappa shape index (κ1) is 20.3. The highest BCUT2D eigenvalue weighted by molar-refractivity contribution is 9.10. The van der Waals surface area contributed by atoms with E-state index in [1.54, 1.807) is 13.8 Å². The highest BCUT2D eigenvalue weighted by Gasteiger charge is 2.44. The molecule has 0 unspecified atom stereocenters. The molecule has 0 saturated carbocycles. The summed E-state index contributed by atoms with van der Waals surface area (Å²) >= 11 is 2.82. The molecule has 2 fully saturated rings. The van der Waals surface area contributed by atoms with Crippen molar-refractivity contribution in [2.24, 2.45) is 5.41 Å². The Balaban J connectivity index is 1.68. The standard InChI is InChI=1S/C19H20BrF3N4O2/c1-19(2,17(28)29)8-27-9-3-4-10(27)7-26(6-9)16-11-5-12(21)13(20)14(22)15(11)24-18(23)25-16/h5,9-10H,3-4,6-8H2,1-2H3,(H,28,29)/t9-,10+. The number of carboxylic acid groups (broad SMARTS) is 1. The van der Waals surface area contributed by atoms with Gasteiger partial charge in [0.1, 0.15) is 17.2 Å². The van der Waals surface area contributed by atoms with Crippen LogP contribution in [0, 0.1) is 23.1 Å². The molecule has 0 radical (unpaired) electrons. The zero-order chi connectivity index (χ0) is 21.1. The van der Waals surface area contributed by atoms with Crippen LogP contribution in [0.2, 0.25) is 0 Å². The molecule has 1 N–H and O–H groups in total. The summed E-state index contributed by atoms with van der Waals surface area (Å²) in [5.41, 5.74) is -1.17. The molecule has 2 aromatic rings. The number of nitrogens with zero attached hydrogens (tertiary/aromatic N) is 4. The Kier molecular flexibility index (Phi) is 4.97. The number of hydrogen-bond acceptors (Lipinski definition) is 5. The average molecular weight is 473 g/mol. The molecular formula is C19H20BrF3N4O2. The Morgan fingerprint density at radius 3 is 2.45 bits per heavy atom. The third kappa shape index (κ3) is 3.46. The first-order valence-electron chi connectivity index (χ1n) is 9.33. The summed E-state index contributed by atoms with van der Waals surface area (Å²) in [6.45, 7) is 4.73. The molecule has 0 aliphatic carbocycles.